The van der Waals surface area contributed by atoms with Crippen LogP contribution in [0.5, 0.6) is 0 Å². The van der Waals surface area contributed by atoms with E-state index in [1.54, 1.807) is 14.2 Å². The predicted octanol–water partition coefficient (Wildman–Crippen LogP) is 2.66. The van der Waals surface area contributed by atoms with Crippen molar-refractivity contribution in [3.8, 4) is 0 Å². The SMILES string of the molecule is COC(OC)C1CCCCN1Cc1ccccc1. The standard InChI is InChI=1S/C15H23NO2/c1-17-15(18-2)14-10-6-7-11-16(14)12-13-8-4-3-5-9-13/h3-5,8-9,14-15H,6-7,10-12H2,1-2H3. The van der Waals surface area contributed by atoms with Gasteiger partial charge in [0.1, 0.15) is 0 Å². The van der Waals surface area contributed by atoms with Gasteiger partial charge in [0.25, 0.3) is 0 Å². The Labute approximate surface area is 110 Å². The van der Waals surface area contributed by atoms with Crippen molar-refractivity contribution in [1.82, 2.24) is 4.90 Å². The molecule has 0 radical (unpaired) electrons. The molecule has 1 fully saturated rings. The van der Waals surface area contributed by atoms with Crippen molar-refractivity contribution in [2.45, 2.75) is 38.1 Å². The van der Waals surface area contributed by atoms with E-state index in [0.717, 1.165) is 19.5 Å². The van der Waals surface area contributed by atoms with Gasteiger partial charge in [-0.05, 0) is 24.9 Å². The van der Waals surface area contributed by atoms with Crippen LogP contribution < -0.4 is 0 Å². The van der Waals surface area contributed by atoms with Crippen LogP contribution in [0, 0.1) is 0 Å². The molecule has 1 aliphatic heterocycles. The van der Waals surface area contributed by atoms with E-state index in [0.29, 0.717) is 6.04 Å². The van der Waals surface area contributed by atoms with Gasteiger partial charge < -0.3 is 9.47 Å². The Morgan fingerprint density at radius 1 is 1.17 bits per heavy atom. The molecule has 0 spiro atoms. The van der Waals surface area contributed by atoms with E-state index in [-0.39, 0.29) is 6.29 Å². The van der Waals surface area contributed by atoms with Crippen molar-refractivity contribution < 1.29 is 9.47 Å². The fraction of sp³-hybridized carbons (Fsp3) is 0.600. The van der Waals surface area contributed by atoms with Gasteiger partial charge in [-0.2, -0.15) is 0 Å². The number of piperidine rings is 1. The number of rotatable bonds is 5. The van der Waals surface area contributed by atoms with Crippen molar-refractivity contribution in [3.05, 3.63) is 35.9 Å². The van der Waals surface area contributed by atoms with Gasteiger partial charge >= 0.3 is 0 Å². The molecule has 1 unspecified atom stereocenters. The second kappa shape index (κ2) is 6.88. The highest BCUT2D eigenvalue weighted by Crippen LogP contribution is 2.23. The van der Waals surface area contributed by atoms with Gasteiger partial charge in [0.15, 0.2) is 6.29 Å². The largest absolute Gasteiger partial charge is 0.354 e. The fourth-order valence-corrected chi connectivity index (χ4v) is 2.75. The van der Waals surface area contributed by atoms with Gasteiger partial charge in [0.05, 0.1) is 6.04 Å². The minimum atomic E-state index is -0.117. The molecule has 0 aliphatic carbocycles. The van der Waals surface area contributed by atoms with E-state index in [1.807, 2.05) is 0 Å². The maximum atomic E-state index is 5.44. The first-order chi connectivity index (χ1) is 8.85. The average molecular weight is 249 g/mol. The molecule has 1 aliphatic rings. The average Bonchev–Trinajstić information content (AvgIpc) is 2.43. The van der Waals surface area contributed by atoms with Crippen LogP contribution in [0.2, 0.25) is 0 Å². The van der Waals surface area contributed by atoms with Crippen molar-refractivity contribution >= 4 is 0 Å². The van der Waals surface area contributed by atoms with Gasteiger partial charge in [-0.3, -0.25) is 4.90 Å². The highest BCUT2D eigenvalue weighted by atomic mass is 16.7. The van der Waals surface area contributed by atoms with Gasteiger partial charge in [-0.25, -0.2) is 0 Å². The van der Waals surface area contributed by atoms with E-state index >= 15 is 0 Å². The highest BCUT2D eigenvalue weighted by molar-refractivity contribution is 5.14. The molecule has 1 atom stereocenters. The lowest BCUT2D eigenvalue weighted by atomic mass is 10.0. The molecule has 1 saturated heterocycles. The molecule has 2 rings (SSSR count). The lowest BCUT2D eigenvalue weighted by Gasteiger charge is -2.39. The van der Waals surface area contributed by atoms with E-state index in [1.165, 1.54) is 18.4 Å². The first kappa shape index (κ1) is 13.5. The number of nitrogens with zero attached hydrogens (tertiary/aromatic N) is 1. The van der Waals surface area contributed by atoms with Gasteiger partial charge in [0, 0.05) is 20.8 Å². The second-order valence-corrected chi connectivity index (χ2v) is 4.86. The van der Waals surface area contributed by atoms with Crippen molar-refractivity contribution in [3.63, 3.8) is 0 Å². The Morgan fingerprint density at radius 2 is 1.89 bits per heavy atom. The molecule has 100 valence electrons. The third-order valence-corrected chi connectivity index (χ3v) is 3.67. The first-order valence-corrected chi connectivity index (χ1v) is 6.68. The first-order valence-electron chi connectivity index (χ1n) is 6.68. The molecule has 18 heavy (non-hydrogen) atoms. The molecule has 3 nitrogen and oxygen atoms in total. The summed E-state index contributed by atoms with van der Waals surface area (Å²) < 4.78 is 10.9. The Bertz CT molecular complexity index is 338. The number of benzene rings is 1. The summed E-state index contributed by atoms with van der Waals surface area (Å²) in [5.41, 5.74) is 1.36. The third-order valence-electron chi connectivity index (χ3n) is 3.67. The van der Waals surface area contributed by atoms with Crippen molar-refractivity contribution in [1.29, 1.82) is 0 Å². The summed E-state index contributed by atoms with van der Waals surface area (Å²) in [5.74, 6) is 0. The number of ether oxygens (including phenoxy) is 2. The van der Waals surface area contributed by atoms with Gasteiger partial charge in [-0.1, -0.05) is 36.8 Å². The molecule has 0 N–H and O–H groups in total. The number of hydrogen-bond donors (Lipinski definition) is 0. The summed E-state index contributed by atoms with van der Waals surface area (Å²) in [6.07, 6.45) is 3.57. The lowest BCUT2D eigenvalue weighted by Crippen LogP contribution is -2.47. The fourth-order valence-electron chi connectivity index (χ4n) is 2.75. The molecule has 1 heterocycles. The van der Waals surface area contributed by atoms with E-state index in [4.69, 9.17) is 9.47 Å². The normalized spacial score (nSPS) is 21.4. The third kappa shape index (κ3) is 3.31. The summed E-state index contributed by atoms with van der Waals surface area (Å²) in [6, 6.07) is 11.0. The minimum absolute atomic E-state index is 0.117. The molecule has 1 aromatic carbocycles. The highest BCUT2D eigenvalue weighted by Gasteiger charge is 2.29. The summed E-state index contributed by atoms with van der Waals surface area (Å²) >= 11 is 0. The van der Waals surface area contributed by atoms with Crippen molar-refractivity contribution in [2.24, 2.45) is 0 Å². The molecule has 0 aromatic heterocycles. The second-order valence-electron chi connectivity index (χ2n) is 4.86. The van der Waals surface area contributed by atoms with Crippen LogP contribution in [0.25, 0.3) is 0 Å². The molecular formula is C15H23NO2. The van der Waals surface area contributed by atoms with Gasteiger partial charge in [0.2, 0.25) is 0 Å². The van der Waals surface area contributed by atoms with Crippen LogP contribution >= 0.6 is 0 Å². The molecule has 1 aromatic rings. The molecule has 0 saturated carbocycles. The van der Waals surface area contributed by atoms with Crippen LogP contribution in [0.4, 0.5) is 0 Å². The minimum Gasteiger partial charge on any atom is -0.354 e. The zero-order chi connectivity index (χ0) is 12.8. The van der Waals surface area contributed by atoms with E-state index in [9.17, 15) is 0 Å². The van der Waals surface area contributed by atoms with E-state index in [2.05, 4.69) is 35.2 Å². The van der Waals surface area contributed by atoms with E-state index < -0.39 is 0 Å². The van der Waals surface area contributed by atoms with Crippen molar-refractivity contribution in [2.75, 3.05) is 20.8 Å². The summed E-state index contributed by atoms with van der Waals surface area (Å²) in [6.45, 7) is 2.11. The van der Waals surface area contributed by atoms with Gasteiger partial charge in [-0.15, -0.1) is 0 Å². The monoisotopic (exact) mass is 249 g/mol. The zero-order valence-electron chi connectivity index (χ0n) is 11.3. The van der Waals surface area contributed by atoms with Crippen LogP contribution in [0.15, 0.2) is 30.3 Å². The molecule has 0 bridgehead atoms. The Morgan fingerprint density at radius 3 is 2.56 bits per heavy atom. The Balaban J connectivity index is 2.03. The van der Waals surface area contributed by atoms with Crippen LogP contribution in [-0.2, 0) is 16.0 Å². The number of hydrogen-bond acceptors (Lipinski definition) is 3. The molecule has 3 heteroatoms. The smallest absolute Gasteiger partial charge is 0.172 e. The Hall–Kier alpha value is -0.900. The topological polar surface area (TPSA) is 21.7 Å². The van der Waals surface area contributed by atoms with Crippen LogP contribution in [0.3, 0.4) is 0 Å². The zero-order valence-corrected chi connectivity index (χ0v) is 11.3. The lowest BCUT2D eigenvalue weighted by molar-refractivity contribution is -0.155. The quantitative estimate of drug-likeness (QED) is 0.749. The summed E-state index contributed by atoms with van der Waals surface area (Å²) in [4.78, 5) is 2.48. The summed E-state index contributed by atoms with van der Waals surface area (Å²) in [7, 11) is 3.45. The maximum Gasteiger partial charge on any atom is 0.172 e. The maximum absolute atomic E-state index is 5.44. The molecular weight excluding hydrogens is 226 g/mol. The Kier molecular flexibility index (Phi) is 5.17. The van der Waals surface area contributed by atoms with Crippen LogP contribution in [0.1, 0.15) is 24.8 Å². The molecule has 0 amide bonds. The predicted molar refractivity (Wildman–Crippen MR) is 72.3 cm³/mol. The van der Waals surface area contributed by atoms with Crippen LogP contribution in [-0.4, -0.2) is 38.0 Å². The summed E-state index contributed by atoms with van der Waals surface area (Å²) in [5, 5.41) is 0. The number of methoxy groups -OCH3 is 2. The number of likely N-dealkylation sites (tertiary alicyclic amines) is 1.